The normalized spacial score (nSPS) is 23.6. The highest BCUT2D eigenvalue weighted by molar-refractivity contribution is 5.92. The quantitative estimate of drug-likeness (QED) is 0.883. The van der Waals surface area contributed by atoms with E-state index in [2.05, 4.69) is 17.1 Å². The highest BCUT2D eigenvalue weighted by atomic mass is 16.2. The first kappa shape index (κ1) is 15.0. The predicted molar refractivity (Wildman–Crippen MR) is 82.6 cm³/mol. The maximum Gasteiger partial charge on any atom is 0.238 e. The van der Waals surface area contributed by atoms with Gasteiger partial charge in [-0.05, 0) is 50.8 Å². The first-order valence-electron chi connectivity index (χ1n) is 7.39. The Bertz CT molecular complexity index is 461. The van der Waals surface area contributed by atoms with Gasteiger partial charge in [0, 0.05) is 18.3 Å². The minimum absolute atomic E-state index is 0.0591. The zero-order valence-electron chi connectivity index (χ0n) is 12.4. The van der Waals surface area contributed by atoms with E-state index >= 15 is 0 Å². The molecule has 1 aliphatic heterocycles. The Labute approximate surface area is 121 Å². The van der Waals surface area contributed by atoms with Crippen LogP contribution < -0.4 is 11.1 Å². The minimum Gasteiger partial charge on any atom is -0.330 e. The fourth-order valence-corrected chi connectivity index (χ4v) is 2.76. The Morgan fingerprint density at radius 1 is 1.40 bits per heavy atom. The fraction of sp³-hybridized carbons (Fsp3) is 0.562. The van der Waals surface area contributed by atoms with Crippen molar-refractivity contribution in [2.24, 2.45) is 11.7 Å². The van der Waals surface area contributed by atoms with Crippen LogP contribution in [0.4, 0.5) is 5.69 Å². The lowest BCUT2D eigenvalue weighted by atomic mass is 9.93. The molecular formula is C16H25N3O. The average molecular weight is 275 g/mol. The molecule has 2 atom stereocenters. The molecule has 0 radical (unpaired) electrons. The van der Waals surface area contributed by atoms with Crippen molar-refractivity contribution in [1.82, 2.24) is 4.90 Å². The topological polar surface area (TPSA) is 58.4 Å². The second-order valence-corrected chi connectivity index (χ2v) is 5.82. The third-order valence-corrected chi connectivity index (χ3v) is 4.21. The smallest absolute Gasteiger partial charge is 0.238 e. The minimum atomic E-state index is 0.0591. The molecule has 1 saturated heterocycles. The van der Waals surface area contributed by atoms with E-state index in [0.29, 0.717) is 25.0 Å². The third-order valence-electron chi connectivity index (χ3n) is 4.21. The number of rotatable bonds is 4. The molecule has 1 fully saturated rings. The van der Waals surface area contributed by atoms with E-state index in [1.807, 2.05) is 31.2 Å². The van der Waals surface area contributed by atoms with Gasteiger partial charge >= 0.3 is 0 Å². The Balaban J connectivity index is 1.92. The summed E-state index contributed by atoms with van der Waals surface area (Å²) in [7, 11) is 0. The molecule has 0 spiro atoms. The SMILES string of the molecule is Cc1ccccc1NC(=O)CN1CC(CN)CCC1C. The molecular weight excluding hydrogens is 250 g/mol. The van der Waals surface area contributed by atoms with E-state index in [1.165, 1.54) is 6.42 Å². The van der Waals surface area contributed by atoms with Gasteiger partial charge in [0.15, 0.2) is 0 Å². The summed E-state index contributed by atoms with van der Waals surface area (Å²) in [6, 6.07) is 8.32. The molecule has 1 aromatic rings. The zero-order valence-corrected chi connectivity index (χ0v) is 12.4. The second-order valence-electron chi connectivity index (χ2n) is 5.82. The van der Waals surface area contributed by atoms with Crippen molar-refractivity contribution in [2.75, 3.05) is 25.0 Å². The van der Waals surface area contributed by atoms with E-state index < -0.39 is 0 Å². The number of para-hydroxylation sites is 1. The molecule has 1 aromatic carbocycles. The second kappa shape index (κ2) is 6.86. The first-order chi connectivity index (χ1) is 9.60. The molecule has 0 aliphatic carbocycles. The van der Waals surface area contributed by atoms with Crippen molar-refractivity contribution < 1.29 is 4.79 Å². The van der Waals surface area contributed by atoms with Crippen LogP contribution in [0, 0.1) is 12.8 Å². The summed E-state index contributed by atoms with van der Waals surface area (Å²) in [5.74, 6) is 0.585. The summed E-state index contributed by atoms with van der Waals surface area (Å²) in [4.78, 5) is 14.4. The number of nitrogens with one attached hydrogen (secondary N) is 1. The van der Waals surface area contributed by atoms with Crippen molar-refractivity contribution in [3.63, 3.8) is 0 Å². The largest absolute Gasteiger partial charge is 0.330 e. The van der Waals surface area contributed by atoms with Crippen molar-refractivity contribution in [1.29, 1.82) is 0 Å². The number of aryl methyl sites for hydroxylation is 1. The average Bonchev–Trinajstić information content (AvgIpc) is 2.44. The van der Waals surface area contributed by atoms with Gasteiger partial charge in [0.2, 0.25) is 5.91 Å². The molecule has 2 unspecified atom stereocenters. The van der Waals surface area contributed by atoms with Crippen LogP contribution in [-0.2, 0) is 4.79 Å². The van der Waals surface area contributed by atoms with Gasteiger partial charge in [-0.2, -0.15) is 0 Å². The Morgan fingerprint density at radius 2 is 2.15 bits per heavy atom. The van der Waals surface area contributed by atoms with Gasteiger partial charge in [-0.1, -0.05) is 18.2 Å². The van der Waals surface area contributed by atoms with Crippen molar-refractivity contribution in [3.05, 3.63) is 29.8 Å². The summed E-state index contributed by atoms with van der Waals surface area (Å²) < 4.78 is 0. The van der Waals surface area contributed by atoms with Crippen molar-refractivity contribution >= 4 is 11.6 Å². The molecule has 110 valence electrons. The van der Waals surface area contributed by atoms with Crippen LogP contribution in [0.3, 0.4) is 0 Å². The molecule has 1 heterocycles. The molecule has 0 saturated carbocycles. The number of nitrogens with two attached hydrogens (primary N) is 1. The van der Waals surface area contributed by atoms with Gasteiger partial charge in [0.25, 0.3) is 0 Å². The third kappa shape index (κ3) is 3.81. The number of piperidine rings is 1. The molecule has 20 heavy (non-hydrogen) atoms. The van der Waals surface area contributed by atoms with Gasteiger partial charge in [-0.25, -0.2) is 0 Å². The predicted octanol–water partition coefficient (Wildman–Crippen LogP) is 1.99. The number of carbonyl (C=O) groups excluding carboxylic acids is 1. The lowest BCUT2D eigenvalue weighted by Gasteiger charge is -2.37. The first-order valence-corrected chi connectivity index (χ1v) is 7.39. The van der Waals surface area contributed by atoms with Crippen molar-refractivity contribution in [2.45, 2.75) is 32.7 Å². The lowest BCUT2D eigenvalue weighted by Crippen LogP contribution is -2.47. The Hall–Kier alpha value is -1.39. The Kier molecular flexibility index (Phi) is 5.15. The highest BCUT2D eigenvalue weighted by Gasteiger charge is 2.26. The number of likely N-dealkylation sites (tertiary alicyclic amines) is 1. The monoisotopic (exact) mass is 275 g/mol. The van der Waals surface area contributed by atoms with E-state index in [1.54, 1.807) is 0 Å². The molecule has 2 rings (SSSR count). The number of nitrogens with zero attached hydrogens (tertiary/aromatic N) is 1. The summed E-state index contributed by atoms with van der Waals surface area (Å²) >= 11 is 0. The fourth-order valence-electron chi connectivity index (χ4n) is 2.76. The van der Waals surface area contributed by atoms with E-state index in [9.17, 15) is 4.79 Å². The van der Waals surface area contributed by atoms with E-state index in [-0.39, 0.29) is 5.91 Å². The summed E-state index contributed by atoms with van der Waals surface area (Å²) in [5.41, 5.74) is 7.75. The number of hydrogen-bond donors (Lipinski definition) is 2. The summed E-state index contributed by atoms with van der Waals surface area (Å²) in [6.45, 7) is 6.28. The van der Waals surface area contributed by atoms with Crippen LogP contribution >= 0.6 is 0 Å². The van der Waals surface area contributed by atoms with E-state index in [4.69, 9.17) is 5.73 Å². The molecule has 3 N–H and O–H groups in total. The summed E-state index contributed by atoms with van der Waals surface area (Å²) in [6.07, 6.45) is 2.30. The van der Waals surface area contributed by atoms with Gasteiger partial charge in [-0.3, -0.25) is 9.69 Å². The zero-order chi connectivity index (χ0) is 14.5. The molecule has 4 nitrogen and oxygen atoms in total. The number of carbonyl (C=O) groups is 1. The summed E-state index contributed by atoms with van der Waals surface area (Å²) in [5, 5.41) is 3.00. The highest BCUT2D eigenvalue weighted by Crippen LogP contribution is 2.21. The molecule has 1 amide bonds. The number of anilines is 1. The van der Waals surface area contributed by atoms with Gasteiger partial charge in [0.05, 0.1) is 6.54 Å². The molecule has 4 heteroatoms. The van der Waals surface area contributed by atoms with Crippen molar-refractivity contribution in [3.8, 4) is 0 Å². The number of benzene rings is 1. The maximum absolute atomic E-state index is 12.2. The van der Waals surface area contributed by atoms with Crippen LogP contribution in [0.5, 0.6) is 0 Å². The number of hydrogen-bond acceptors (Lipinski definition) is 3. The standard InChI is InChI=1S/C16H25N3O/c1-12-5-3-4-6-15(12)18-16(20)11-19-10-14(9-17)8-7-13(19)2/h3-6,13-14H,7-11,17H2,1-2H3,(H,18,20). The van der Waals surface area contributed by atoms with Crippen LogP contribution in [-0.4, -0.2) is 36.5 Å². The van der Waals surface area contributed by atoms with Gasteiger partial charge in [-0.15, -0.1) is 0 Å². The van der Waals surface area contributed by atoms with Gasteiger partial charge in [0.1, 0.15) is 0 Å². The van der Waals surface area contributed by atoms with Crippen LogP contribution in [0.25, 0.3) is 0 Å². The molecule has 0 aromatic heterocycles. The Morgan fingerprint density at radius 3 is 2.85 bits per heavy atom. The van der Waals surface area contributed by atoms with Gasteiger partial charge < -0.3 is 11.1 Å². The lowest BCUT2D eigenvalue weighted by molar-refractivity contribution is -0.118. The molecule has 0 bridgehead atoms. The van der Waals surface area contributed by atoms with Crippen LogP contribution in [0.1, 0.15) is 25.3 Å². The maximum atomic E-state index is 12.2. The molecule has 1 aliphatic rings. The van der Waals surface area contributed by atoms with E-state index in [0.717, 1.165) is 24.2 Å². The van der Waals surface area contributed by atoms with Crippen LogP contribution in [0.2, 0.25) is 0 Å². The van der Waals surface area contributed by atoms with Crippen LogP contribution in [0.15, 0.2) is 24.3 Å². The number of amides is 1.